The minimum absolute atomic E-state index is 0. The molecule has 3 nitrogen and oxygen atoms in total. The first-order valence-electron chi connectivity index (χ1n) is 4.72. The summed E-state index contributed by atoms with van der Waals surface area (Å²) in [5, 5.41) is 3.35. The highest BCUT2D eigenvalue weighted by molar-refractivity contribution is 5.85. The number of hydrogen-bond donors (Lipinski definition) is 1. The van der Waals surface area contributed by atoms with E-state index in [0.29, 0.717) is 19.1 Å². The van der Waals surface area contributed by atoms with Gasteiger partial charge in [-0.2, -0.15) is 0 Å². The third kappa shape index (κ3) is 5.11. The summed E-state index contributed by atoms with van der Waals surface area (Å²) in [6.45, 7) is 3.44. The molecule has 0 unspecified atom stereocenters. The van der Waals surface area contributed by atoms with E-state index in [0.717, 1.165) is 13.0 Å². The molecule has 13 heavy (non-hydrogen) atoms. The Morgan fingerprint density at radius 3 is 2.92 bits per heavy atom. The molecular formula is C9H18ClNO2. The van der Waals surface area contributed by atoms with Gasteiger partial charge in [0.25, 0.3) is 0 Å². The van der Waals surface area contributed by atoms with Gasteiger partial charge in [0, 0.05) is 12.5 Å². The number of halogens is 1. The molecule has 78 valence electrons. The molecule has 1 saturated heterocycles. The van der Waals surface area contributed by atoms with Gasteiger partial charge in [0.05, 0.1) is 6.61 Å². The van der Waals surface area contributed by atoms with E-state index in [1.165, 1.54) is 12.8 Å². The van der Waals surface area contributed by atoms with Crippen LogP contribution in [0, 0.1) is 0 Å². The van der Waals surface area contributed by atoms with Crippen molar-refractivity contribution in [3.8, 4) is 0 Å². The van der Waals surface area contributed by atoms with Crippen LogP contribution in [0.25, 0.3) is 0 Å². The quantitative estimate of drug-likeness (QED) is 0.711. The molecule has 1 fully saturated rings. The molecule has 1 aliphatic rings. The third-order valence-corrected chi connectivity index (χ3v) is 2.16. The highest BCUT2D eigenvalue weighted by Gasteiger charge is 2.15. The minimum atomic E-state index is -0.0637. The Labute approximate surface area is 85.6 Å². The van der Waals surface area contributed by atoms with E-state index in [9.17, 15) is 4.79 Å². The fourth-order valence-corrected chi connectivity index (χ4v) is 1.53. The lowest BCUT2D eigenvalue weighted by Gasteiger charge is -2.08. The first-order valence-corrected chi connectivity index (χ1v) is 4.72. The van der Waals surface area contributed by atoms with Gasteiger partial charge in [-0.3, -0.25) is 4.79 Å². The van der Waals surface area contributed by atoms with Crippen molar-refractivity contribution in [1.29, 1.82) is 0 Å². The predicted octanol–water partition coefficient (Wildman–Crippen LogP) is 1.50. The maximum atomic E-state index is 10.9. The molecule has 0 aromatic carbocycles. The molecule has 0 aromatic rings. The lowest BCUT2D eigenvalue weighted by Crippen LogP contribution is -2.22. The van der Waals surface area contributed by atoms with Gasteiger partial charge in [0.2, 0.25) is 0 Å². The summed E-state index contributed by atoms with van der Waals surface area (Å²) >= 11 is 0. The van der Waals surface area contributed by atoms with E-state index in [2.05, 4.69) is 5.32 Å². The molecule has 0 bridgehead atoms. The van der Waals surface area contributed by atoms with Gasteiger partial charge in [-0.15, -0.1) is 12.4 Å². The second-order valence-electron chi connectivity index (χ2n) is 3.14. The van der Waals surface area contributed by atoms with E-state index in [4.69, 9.17) is 4.74 Å². The van der Waals surface area contributed by atoms with Crippen LogP contribution < -0.4 is 5.32 Å². The highest BCUT2D eigenvalue weighted by Crippen LogP contribution is 2.10. The average molecular weight is 208 g/mol. The molecule has 1 N–H and O–H groups in total. The molecule has 0 amide bonds. The summed E-state index contributed by atoms with van der Waals surface area (Å²) in [6, 6.07) is 0.550. The standard InChI is InChI=1S/C9H17NO2.ClH/c1-2-12-9(11)6-5-8-4-3-7-10-8;/h8,10H,2-7H2,1H3;1H/t8-;/m0./s1. The number of nitrogens with one attached hydrogen (secondary N) is 1. The van der Waals surface area contributed by atoms with E-state index in [1.807, 2.05) is 6.92 Å². The zero-order chi connectivity index (χ0) is 8.81. The molecule has 4 heteroatoms. The van der Waals surface area contributed by atoms with E-state index in [1.54, 1.807) is 0 Å². The van der Waals surface area contributed by atoms with Crippen molar-refractivity contribution in [3.63, 3.8) is 0 Å². The smallest absolute Gasteiger partial charge is 0.305 e. The summed E-state index contributed by atoms with van der Waals surface area (Å²) in [5.41, 5.74) is 0. The molecule has 1 aliphatic heterocycles. The van der Waals surface area contributed by atoms with E-state index in [-0.39, 0.29) is 18.4 Å². The second kappa shape index (κ2) is 7.15. The Balaban J connectivity index is 0.00000144. The van der Waals surface area contributed by atoms with Crippen LogP contribution in [-0.4, -0.2) is 25.2 Å². The Hall–Kier alpha value is -0.280. The molecule has 0 radical (unpaired) electrons. The van der Waals surface area contributed by atoms with Crippen LogP contribution >= 0.6 is 12.4 Å². The summed E-state index contributed by atoms with van der Waals surface area (Å²) in [5.74, 6) is -0.0637. The van der Waals surface area contributed by atoms with Gasteiger partial charge in [0.15, 0.2) is 0 Å². The van der Waals surface area contributed by atoms with Crippen molar-refractivity contribution in [1.82, 2.24) is 5.32 Å². The SMILES string of the molecule is CCOC(=O)CC[C@@H]1CCCN1.Cl. The lowest BCUT2D eigenvalue weighted by molar-refractivity contribution is -0.143. The normalized spacial score (nSPS) is 20.8. The average Bonchev–Trinajstić information content (AvgIpc) is 2.53. The van der Waals surface area contributed by atoms with Gasteiger partial charge in [-0.25, -0.2) is 0 Å². The van der Waals surface area contributed by atoms with Gasteiger partial charge in [-0.1, -0.05) is 0 Å². The number of ether oxygens (including phenoxy) is 1. The summed E-state index contributed by atoms with van der Waals surface area (Å²) in [4.78, 5) is 10.9. The minimum Gasteiger partial charge on any atom is -0.466 e. The van der Waals surface area contributed by atoms with Crippen molar-refractivity contribution in [2.24, 2.45) is 0 Å². The third-order valence-electron chi connectivity index (χ3n) is 2.16. The molecule has 0 saturated carbocycles. The number of carbonyl (C=O) groups is 1. The summed E-state index contributed by atoms with van der Waals surface area (Å²) in [7, 11) is 0. The maximum absolute atomic E-state index is 10.9. The number of esters is 1. The number of hydrogen-bond acceptors (Lipinski definition) is 3. The van der Waals surface area contributed by atoms with Crippen LogP contribution in [0.2, 0.25) is 0 Å². The van der Waals surface area contributed by atoms with Crippen LogP contribution in [-0.2, 0) is 9.53 Å². The van der Waals surface area contributed by atoms with Crippen molar-refractivity contribution in [3.05, 3.63) is 0 Å². The Morgan fingerprint density at radius 1 is 1.62 bits per heavy atom. The van der Waals surface area contributed by atoms with Crippen LogP contribution in [0.15, 0.2) is 0 Å². The maximum Gasteiger partial charge on any atom is 0.305 e. The molecule has 1 rings (SSSR count). The Kier molecular flexibility index (Phi) is 7.00. The van der Waals surface area contributed by atoms with Gasteiger partial charge in [0.1, 0.15) is 0 Å². The predicted molar refractivity (Wildman–Crippen MR) is 54.1 cm³/mol. The monoisotopic (exact) mass is 207 g/mol. The topological polar surface area (TPSA) is 38.3 Å². The number of carbonyl (C=O) groups excluding carboxylic acids is 1. The largest absolute Gasteiger partial charge is 0.466 e. The summed E-state index contributed by atoms with van der Waals surface area (Å²) < 4.78 is 4.83. The van der Waals surface area contributed by atoms with Gasteiger partial charge < -0.3 is 10.1 Å². The van der Waals surface area contributed by atoms with E-state index >= 15 is 0 Å². The zero-order valence-corrected chi connectivity index (χ0v) is 8.86. The first-order chi connectivity index (χ1) is 5.83. The molecular weight excluding hydrogens is 190 g/mol. The Bertz CT molecular complexity index is 147. The first kappa shape index (κ1) is 12.7. The summed E-state index contributed by atoms with van der Waals surface area (Å²) in [6.07, 6.45) is 3.94. The second-order valence-corrected chi connectivity index (χ2v) is 3.14. The van der Waals surface area contributed by atoms with Crippen LogP contribution in [0.5, 0.6) is 0 Å². The highest BCUT2D eigenvalue weighted by atomic mass is 35.5. The van der Waals surface area contributed by atoms with Gasteiger partial charge >= 0.3 is 5.97 Å². The molecule has 0 spiro atoms. The molecule has 1 heterocycles. The fourth-order valence-electron chi connectivity index (χ4n) is 1.53. The van der Waals surface area contributed by atoms with Crippen LogP contribution in [0.4, 0.5) is 0 Å². The van der Waals surface area contributed by atoms with Crippen molar-refractivity contribution >= 4 is 18.4 Å². The van der Waals surface area contributed by atoms with Crippen LogP contribution in [0.1, 0.15) is 32.6 Å². The van der Waals surface area contributed by atoms with Crippen molar-refractivity contribution in [2.75, 3.05) is 13.2 Å². The molecule has 1 atom stereocenters. The van der Waals surface area contributed by atoms with Gasteiger partial charge in [-0.05, 0) is 32.7 Å². The fraction of sp³-hybridized carbons (Fsp3) is 0.889. The number of rotatable bonds is 4. The molecule has 0 aromatic heterocycles. The Morgan fingerprint density at radius 2 is 2.38 bits per heavy atom. The molecule has 0 aliphatic carbocycles. The van der Waals surface area contributed by atoms with E-state index < -0.39 is 0 Å². The zero-order valence-electron chi connectivity index (χ0n) is 8.04. The lowest BCUT2D eigenvalue weighted by atomic mass is 10.1. The van der Waals surface area contributed by atoms with Crippen molar-refractivity contribution in [2.45, 2.75) is 38.6 Å². The van der Waals surface area contributed by atoms with Crippen molar-refractivity contribution < 1.29 is 9.53 Å². The van der Waals surface area contributed by atoms with Crippen LogP contribution in [0.3, 0.4) is 0 Å².